The average molecular weight is 601 g/mol. The zero-order chi connectivity index (χ0) is 31.6. The lowest BCUT2D eigenvalue weighted by Gasteiger charge is -2.29. The van der Waals surface area contributed by atoms with Gasteiger partial charge in [0.25, 0.3) is 11.1 Å². The molecular weight excluding hydrogens is 563 g/mol. The number of hydrogen-bond donors (Lipinski definition) is 2. The van der Waals surface area contributed by atoms with Gasteiger partial charge in [-0.3, -0.25) is 14.4 Å². The molecule has 6 rings (SSSR count). The van der Waals surface area contributed by atoms with Gasteiger partial charge < -0.3 is 19.9 Å². The van der Waals surface area contributed by atoms with E-state index in [1.165, 1.54) is 10.8 Å². The van der Waals surface area contributed by atoms with Gasteiger partial charge in [0.1, 0.15) is 5.69 Å². The molecule has 4 heterocycles. The fourth-order valence-electron chi connectivity index (χ4n) is 6.41. The Morgan fingerprint density at radius 3 is 2.50 bits per heavy atom. The maximum Gasteiger partial charge on any atom is 0.281 e. The summed E-state index contributed by atoms with van der Waals surface area (Å²) in [5.74, 6) is -1.17. The Balaban J connectivity index is 1.38. The SMILES string of the molecule is CN1CCC2(CC1)C[C@H]2C(=O)Nc1cc(-c2ccnc(-n3nc(F)c4cc(C(C)(C)C)ccc4c3=O)c2CO)cn(C)c1=O. The smallest absolute Gasteiger partial charge is 0.281 e. The van der Waals surface area contributed by atoms with Gasteiger partial charge in [0.05, 0.1) is 12.0 Å². The number of pyridine rings is 2. The summed E-state index contributed by atoms with van der Waals surface area (Å²) in [5, 5.41) is 17.5. The lowest BCUT2D eigenvalue weighted by molar-refractivity contribution is -0.118. The second-order valence-electron chi connectivity index (χ2n) is 13.3. The third-order valence-electron chi connectivity index (χ3n) is 9.35. The van der Waals surface area contributed by atoms with E-state index >= 15 is 4.39 Å². The number of nitrogens with one attached hydrogen (secondary N) is 1. The van der Waals surface area contributed by atoms with Crippen molar-refractivity contribution in [2.75, 3.05) is 25.5 Å². The fourth-order valence-corrected chi connectivity index (χ4v) is 6.41. The number of aromatic nitrogens is 4. The molecule has 3 aromatic heterocycles. The maximum absolute atomic E-state index is 15.4. The van der Waals surface area contributed by atoms with Crippen molar-refractivity contribution in [3.63, 3.8) is 0 Å². The number of aliphatic hydroxyl groups is 1. The molecule has 4 aromatic rings. The van der Waals surface area contributed by atoms with Crippen LogP contribution in [0.15, 0.2) is 52.3 Å². The molecule has 1 aromatic carbocycles. The van der Waals surface area contributed by atoms with Crippen molar-refractivity contribution in [2.24, 2.45) is 18.4 Å². The van der Waals surface area contributed by atoms with Crippen molar-refractivity contribution in [2.45, 2.75) is 52.1 Å². The third-order valence-corrected chi connectivity index (χ3v) is 9.35. The molecule has 1 saturated carbocycles. The number of hydrogen-bond acceptors (Lipinski definition) is 7. The minimum Gasteiger partial charge on any atom is -0.392 e. The van der Waals surface area contributed by atoms with E-state index in [-0.39, 0.29) is 56.1 Å². The van der Waals surface area contributed by atoms with Crippen LogP contribution in [-0.2, 0) is 23.9 Å². The van der Waals surface area contributed by atoms with E-state index in [1.807, 2.05) is 20.8 Å². The molecular formula is C33H37FN6O4. The minimum atomic E-state index is -0.837. The van der Waals surface area contributed by atoms with Crippen molar-refractivity contribution in [3.05, 3.63) is 80.5 Å². The number of carbonyl (C=O) groups excluding carboxylic acids is 1. The van der Waals surface area contributed by atoms with Crippen LogP contribution in [0.25, 0.3) is 27.7 Å². The quantitative estimate of drug-likeness (QED) is 0.358. The number of aryl methyl sites for hydroxylation is 1. The zero-order valence-electron chi connectivity index (χ0n) is 25.6. The molecule has 1 aliphatic heterocycles. The van der Waals surface area contributed by atoms with Crippen molar-refractivity contribution in [1.82, 2.24) is 24.2 Å². The topological polar surface area (TPSA) is 122 Å². The van der Waals surface area contributed by atoms with E-state index in [2.05, 4.69) is 27.3 Å². The van der Waals surface area contributed by atoms with E-state index < -0.39 is 18.1 Å². The second kappa shape index (κ2) is 10.7. The highest BCUT2D eigenvalue weighted by molar-refractivity contribution is 5.95. The van der Waals surface area contributed by atoms with Crippen LogP contribution in [0.4, 0.5) is 10.1 Å². The first-order valence-electron chi connectivity index (χ1n) is 14.9. The average Bonchev–Trinajstić information content (AvgIpc) is 3.71. The number of rotatable bonds is 5. The Hall–Kier alpha value is -4.22. The zero-order valence-corrected chi connectivity index (χ0v) is 25.6. The number of nitrogens with zero attached hydrogens (tertiary/aromatic N) is 5. The molecule has 1 spiro atoms. The molecule has 0 radical (unpaired) electrons. The van der Waals surface area contributed by atoms with E-state index in [1.54, 1.807) is 43.6 Å². The van der Waals surface area contributed by atoms with Gasteiger partial charge in [-0.1, -0.05) is 26.8 Å². The molecule has 1 atom stereocenters. The molecule has 0 unspecified atom stereocenters. The van der Waals surface area contributed by atoms with E-state index in [9.17, 15) is 19.5 Å². The first-order valence-corrected chi connectivity index (χ1v) is 14.9. The third kappa shape index (κ3) is 5.13. The van der Waals surface area contributed by atoms with E-state index in [0.717, 1.165) is 42.6 Å². The molecule has 11 heteroatoms. The summed E-state index contributed by atoms with van der Waals surface area (Å²) in [7, 11) is 3.66. The summed E-state index contributed by atoms with van der Waals surface area (Å²) < 4.78 is 17.6. The molecule has 1 aliphatic carbocycles. The number of fused-ring (bicyclic) bond motifs is 1. The number of aliphatic hydroxyl groups excluding tert-OH is 1. The standard InChI is InChI=1S/C33H37FN6O4/c1-32(2,3)20-6-7-22-23(15-20)27(34)37-40(30(22)43)28-24(18-41)21(8-11-35-28)19-14-26(31(44)39(5)17-19)36-29(42)25-16-33(25)9-12-38(4)13-10-33/h6-8,11,14-15,17,25,41H,9-10,12-13,16,18H2,1-5H3,(H,36,42)/t25-/m0/s1. The Kier molecular flexibility index (Phi) is 7.28. The summed E-state index contributed by atoms with van der Waals surface area (Å²) in [6.45, 7) is 7.35. The molecule has 1 amide bonds. The normalized spacial score (nSPS) is 18.1. The first-order chi connectivity index (χ1) is 20.8. The monoisotopic (exact) mass is 600 g/mol. The van der Waals surface area contributed by atoms with Crippen molar-refractivity contribution in [1.29, 1.82) is 0 Å². The van der Waals surface area contributed by atoms with Crippen LogP contribution >= 0.6 is 0 Å². The predicted molar refractivity (Wildman–Crippen MR) is 166 cm³/mol. The van der Waals surface area contributed by atoms with Crippen LogP contribution in [0, 0.1) is 17.3 Å². The van der Waals surface area contributed by atoms with Gasteiger partial charge in [-0.25, -0.2) is 4.98 Å². The van der Waals surface area contributed by atoms with E-state index in [4.69, 9.17) is 0 Å². The molecule has 44 heavy (non-hydrogen) atoms. The summed E-state index contributed by atoms with van der Waals surface area (Å²) >= 11 is 0. The molecule has 2 aliphatic rings. The summed E-state index contributed by atoms with van der Waals surface area (Å²) in [6.07, 6.45) is 5.74. The Labute approximate surface area is 254 Å². The molecule has 230 valence electrons. The van der Waals surface area contributed by atoms with Gasteiger partial charge in [0.15, 0.2) is 5.82 Å². The molecule has 1 saturated heterocycles. The molecule has 2 fully saturated rings. The number of benzene rings is 1. The first kappa shape index (κ1) is 29.8. The predicted octanol–water partition coefficient (Wildman–Crippen LogP) is 3.75. The molecule has 0 bridgehead atoms. The highest BCUT2D eigenvalue weighted by atomic mass is 19.1. The van der Waals surface area contributed by atoms with Crippen LogP contribution in [0.3, 0.4) is 0 Å². The number of halogens is 1. The van der Waals surface area contributed by atoms with Crippen LogP contribution < -0.4 is 16.4 Å². The number of piperidine rings is 1. The fraction of sp³-hybridized carbons (Fsp3) is 0.424. The van der Waals surface area contributed by atoms with Gasteiger partial charge in [-0.05, 0) is 85.6 Å². The van der Waals surface area contributed by atoms with Crippen molar-refractivity contribution < 1.29 is 14.3 Å². The van der Waals surface area contributed by atoms with Crippen LogP contribution in [0.1, 0.15) is 51.2 Å². The lowest BCUT2D eigenvalue weighted by atomic mass is 9.86. The molecule has 2 N–H and O–H groups in total. The van der Waals surface area contributed by atoms with Gasteiger partial charge in [0, 0.05) is 41.9 Å². The maximum atomic E-state index is 15.4. The highest BCUT2D eigenvalue weighted by Crippen LogP contribution is 2.59. The highest BCUT2D eigenvalue weighted by Gasteiger charge is 2.58. The Morgan fingerprint density at radius 1 is 1.09 bits per heavy atom. The summed E-state index contributed by atoms with van der Waals surface area (Å²) in [4.78, 5) is 46.4. The Bertz CT molecular complexity index is 1920. The van der Waals surface area contributed by atoms with Crippen molar-refractivity contribution >= 4 is 22.4 Å². The second-order valence-corrected chi connectivity index (χ2v) is 13.3. The summed E-state index contributed by atoms with van der Waals surface area (Å²) in [6, 6.07) is 8.21. The number of carbonyl (C=O) groups is 1. The van der Waals surface area contributed by atoms with Crippen LogP contribution in [0.5, 0.6) is 0 Å². The van der Waals surface area contributed by atoms with Crippen molar-refractivity contribution in [3.8, 4) is 16.9 Å². The van der Waals surface area contributed by atoms with Crippen LogP contribution in [-0.4, -0.2) is 55.4 Å². The minimum absolute atomic E-state index is 0.00714. The molecule has 10 nitrogen and oxygen atoms in total. The lowest BCUT2D eigenvalue weighted by Crippen LogP contribution is -2.34. The number of likely N-dealkylation sites (tertiary alicyclic amines) is 1. The van der Waals surface area contributed by atoms with Gasteiger partial charge in [-0.2, -0.15) is 9.07 Å². The largest absolute Gasteiger partial charge is 0.392 e. The van der Waals surface area contributed by atoms with Gasteiger partial charge >= 0.3 is 0 Å². The van der Waals surface area contributed by atoms with Gasteiger partial charge in [0.2, 0.25) is 11.9 Å². The van der Waals surface area contributed by atoms with E-state index in [0.29, 0.717) is 11.1 Å². The number of amides is 1. The summed E-state index contributed by atoms with van der Waals surface area (Å²) in [5.41, 5.74) is 0.961. The van der Waals surface area contributed by atoms with Crippen LogP contribution in [0.2, 0.25) is 0 Å². The number of anilines is 1. The Morgan fingerprint density at radius 2 is 1.82 bits per heavy atom. The van der Waals surface area contributed by atoms with Gasteiger partial charge in [-0.15, -0.1) is 5.10 Å².